The second kappa shape index (κ2) is 7.12. The third kappa shape index (κ3) is 3.55. The molecule has 0 aromatic heterocycles. The van der Waals surface area contributed by atoms with E-state index in [9.17, 15) is 10.1 Å². The lowest BCUT2D eigenvalue weighted by Gasteiger charge is -2.19. The van der Waals surface area contributed by atoms with Crippen molar-refractivity contribution in [2.75, 3.05) is 20.2 Å². The molecule has 1 atom stereocenters. The van der Waals surface area contributed by atoms with E-state index in [4.69, 9.17) is 4.74 Å². The fraction of sp³-hybridized carbons (Fsp3) is 0.529. The van der Waals surface area contributed by atoms with Gasteiger partial charge in [-0.1, -0.05) is 19.1 Å². The normalized spacial score (nSPS) is 15.6. The first kappa shape index (κ1) is 15.4. The molecule has 112 valence electrons. The summed E-state index contributed by atoms with van der Waals surface area (Å²) in [6.07, 6.45) is 3.44. The predicted molar refractivity (Wildman–Crippen MR) is 81.0 cm³/mol. The number of nitrogens with zero attached hydrogens (tertiary/aromatic N) is 2. The second-order valence-electron chi connectivity index (χ2n) is 5.42. The Labute approximate surface area is 126 Å². The molecule has 0 aliphatic carbocycles. The van der Waals surface area contributed by atoms with Crippen LogP contribution < -0.4 is 4.74 Å². The van der Waals surface area contributed by atoms with Crippen LogP contribution in [0.1, 0.15) is 30.9 Å². The molecular weight excluding hydrogens is 264 g/mol. The Morgan fingerprint density at radius 3 is 2.71 bits per heavy atom. The minimum Gasteiger partial charge on any atom is -0.496 e. The van der Waals surface area contributed by atoms with Crippen LogP contribution >= 0.6 is 0 Å². The molecule has 0 N–H and O–H groups in total. The summed E-state index contributed by atoms with van der Waals surface area (Å²) in [5.41, 5.74) is 2.13. The number of hydrogen-bond acceptors (Lipinski definition) is 3. The number of rotatable bonds is 5. The molecule has 1 aliphatic rings. The zero-order valence-corrected chi connectivity index (χ0v) is 12.8. The third-order valence-electron chi connectivity index (χ3n) is 4.04. The van der Waals surface area contributed by atoms with Gasteiger partial charge < -0.3 is 9.64 Å². The van der Waals surface area contributed by atoms with E-state index in [0.717, 1.165) is 49.2 Å². The van der Waals surface area contributed by atoms with E-state index in [-0.39, 0.29) is 5.91 Å². The number of carbonyl (C=O) groups excluding carboxylic acids is 1. The van der Waals surface area contributed by atoms with E-state index in [2.05, 4.69) is 13.0 Å². The largest absolute Gasteiger partial charge is 0.496 e. The van der Waals surface area contributed by atoms with Crippen LogP contribution in [0.15, 0.2) is 18.2 Å². The number of carbonyl (C=O) groups is 1. The SMILES string of the molecule is CCc1cc(CC(C#N)C(=O)N2CCCC2)ccc1OC. The number of methoxy groups -OCH3 is 1. The number of ether oxygens (including phenoxy) is 1. The van der Waals surface area contributed by atoms with Crippen molar-refractivity contribution < 1.29 is 9.53 Å². The van der Waals surface area contributed by atoms with Crippen molar-refractivity contribution >= 4 is 5.91 Å². The van der Waals surface area contributed by atoms with E-state index in [0.29, 0.717) is 6.42 Å². The third-order valence-corrected chi connectivity index (χ3v) is 4.04. The maximum absolute atomic E-state index is 12.3. The quantitative estimate of drug-likeness (QED) is 0.836. The van der Waals surface area contributed by atoms with Gasteiger partial charge in [0.25, 0.3) is 0 Å². The van der Waals surface area contributed by atoms with Gasteiger partial charge >= 0.3 is 0 Å². The summed E-state index contributed by atoms with van der Waals surface area (Å²) in [7, 11) is 1.66. The van der Waals surface area contributed by atoms with Crippen molar-refractivity contribution in [2.45, 2.75) is 32.6 Å². The van der Waals surface area contributed by atoms with Crippen molar-refractivity contribution in [1.29, 1.82) is 5.26 Å². The molecule has 1 aliphatic heterocycles. The maximum atomic E-state index is 12.3. The molecule has 2 rings (SSSR count). The molecule has 0 radical (unpaired) electrons. The smallest absolute Gasteiger partial charge is 0.240 e. The van der Waals surface area contributed by atoms with Gasteiger partial charge in [0.15, 0.2) is 0 Å². The van der Waals surface area contributed by atoms with Gasteiger partial charge in [-0.25, -0.2) is 0 Å². The minimum absolute atomic E-state index is 0.0242. The summed E-state index contributed by atoms with van der Waals surface area (Å²) < 4.78 is 5.31. The number of aryl methyl sites for hydroxylation is 1. The van der Waals surface area contributed by atoms with Crippen molar-refractivity contribution in [3.8, 4) is 11.8 Å². The Bertz CT molecular complexity index is 542. The van der Waals surface area contributed by atoms with E-state index < -0.39 is 5.92 Å². The molecule has 21 heavy (non-hydrogen) atoms. The first-order chi connectivity index (χ1) is 10.2. The first-order valence-electron chi connectivity index (χ1n) is 7.53. The molecule has 4 nitrogen and oxygen atoms in total. The highest BCUT2D eigenvalue weighted by molar-refractivity contribution is 5.81. The van der Waals surface area contributed by atoms with Gasteiger partial charge in [-0.15, -0.1) is 0 Å². The average molecular weight is 286 g/mol. The zero-order chi connectivity index (χ0) is 15.2. The molecule has 0 spiro atoms. The van der Waals surface area contributed by atoms with Crippen molar-refractivity contribution in [3.05, 3.63) is 29.3 Å². The standard InChI is InChI=1S/C17H22N2O2/c1-3-14-10-13(6-7-16(14)21-2)11-15(12-18)17(20)19-8-4-5-9-19/h6-7,10,15H,3-5,8-9,11H2,1-2H3. The lowest BCUT2D eigenvalue weighted by Crippen LogP contribution is -2.34. The highest BCUT2D eigenvalue weighted by Gasteiger charge is 2.26. The second-order valence-corrected chi connectivity index (χ2v) is 5.42. The average Bonchev–Trinajstić information content (AvgIpc) is 3.06. The van der Waals surface area contributed by atoms with Crippen LogP contribution in [0.5, 0.6) is 5.75 Å². The molecule has 1 fully saturated rings. The zero-order valence-electron chi connectivity index (χ0n) is 12.8. The molecule has 1 heterocycles. The van der Waals surface area contributed by atoms with Crippen LogP contribution in [-0.2, 0) is 17.6 Å². The molecule has 1 aromatic carbocycles. The molecule has 0 saturated carbocycles. The van der Waals surface area contributed by atoms with Gasteiger partial charge in [0.1, 0.15) is 11.7 Å². The molecule has 4 heteroatoms. The molecule has 0 bridgehead atoms. The van der Waals surface area contributed by atoms with Crippen LogP contribution in [0, 0.1) is 17.2 Å². The van der Waals surface area contributed by atoms with Gasteiger partial charge in [-0.2, -0.15) is 5.26 Å². The number of amides is 1. The Kier molecular flexibility index (Phi) is 5.21. The van der Waals surface area contributed by atoms with Gasteiger partial charge in [0, 0.05) is 13.1 Å². The van der Waals surface area contributed by atoms with Crippen LogP contribution in [-0.4, -0.2) is 31.0 Å². The molecule has 1 aromatic rings. The van der Waals surface area contributed by atoms with Gasteiger partial charge in [-0.3, -0.25) is 4.79 Å². The van der Waals surface area contributed by atoms with E-state index >= 15 is 0 Å². The topological polar surface area (TPSA) is 53.3 Å². The predicted octanol–water partition coefficient (Wildman–Crippen LogP) is 2.56. The Morgan fingerprint density at radius 1 is 1.43 bits per heavy atom. The van der Waals surface area contributed by atoms with Crippen LogP contribution in [0.4, 0.5) is 0 Å². The Balaban J connectivity index is 2.11. The van der Waals surface area contributed by atoms with Crippen LogP contribution in [0.25, 0.3) is 0 Å². The van der Waals surface area contributed by atoms with Gasteiger partial charge in [0.2, 0.25) is 5.91 Å². The summed E-state index contributed by atoms with van der Waals surface area (Å²) in [4.78, 5) is 14.2. The van der Waals surface area contributed by atoms with Crippen molar-refractivity contribution in [2.24, 2.45) is 5.92 Å². The molecule has 1 unspecified atom stereocenters. The van der Waals surface area contributed by atoms with Gasteiger partial charge in [0.05, 0.1) is 13.2 Å². The number of hydrogen-bond donors (Lipinski definition) is 0. The first-order valence-corrected chi connectivity index (χ1v) is 7.53. The molecule has 1 amide bonds. The van der Waals surface area contributed by atoms with Gasteiger partial charge in [-0.05, 0) is 42.9 Å². The van der Waals surface area contributed by atoms with Crippen LogP contribution in [0.3, 0.4) is 0 Å². The fourth-order valence-corrected chi connectivity index (χ4v) is 2.82. The molecule has 1 saturated heterocycles. The number of nitriles is 1. The maximum Gasteiger partial charge on any atom is 0.240 e. The Morgan fingerprint density at radius 2 is 2.14 bits per heavy atom. The summed E-state index contributed by atoms with van der Waals surface area (Å²) in [5, 5.41) is 9.32. The lowest BCUT2D eigenvalue weighted by molar-refractivity contribution is -0.132. The lowest BCUT2D eigenvalue weighted by atomic mass is 9.97. The summed E-state index contributed by atoms with van der Waals surface area (Å²) in [6.45, 7) is 3.65. The van der Waals surface area contributed by atoms with E-state index in [1.807, 2.05) is 23.1 Å². The van der Waals surface area contributed by atoms with Crippen molar-refractivity contribution in [3.63, 3.8) is 0 Å². The molecular formula is C17H22N2O2. The highest BCUT2D eigenvalue weighted by Crippen LogP contribution is 2.23. The van der Waals surface area contributed by atoms with E-state index in [1.54, 1.807) is 7.11 Å². The van der Waals surface area contributed by atoms with E-state index in [1.165, 1.54) is 0 Å². The summed E-state index contributed by atoms with van der Waals surface area (Å²) >= 11 is 0. The monoisotopic (exact) mass is 286 g/mol. The summed E-state index contributed by atoms with van der Waals surface area (Å²) in [6, 6.07) is 8.08. The van der Waals surface area contributed by atoms with Crippen molar-refractivity contribution in [1.82, 2.24) is 4.90 Å². The minimum atomic E-state index is -0.582. The summed E-state index contributed by atoms with van der Waals surface area (Å²) in [5.74, 6) is 0.255. The highest BCUT2D eigenvalue weighted by atomic mass is 16.5. The Hall–Kier alpha value is -2.02. The number of benzene rings is 1. The number of likely N-dealkylation sites (tertiary alicyclic amines) is 1. The fourth-order valence-electron chi connectivity index (χ4n) is 2.82. The van der Waals surface area contributed by atoms with Crippen LogP contribution in [0.2, 0.25) is 0 Å².